The second-order valence-corrected chi connectivity index (χ2v) is 11.1. The number of amides is 2. The van der Waals surface area contributed by atoms with Crippen LogP contribution in [0.25, 0.3) is 11.5 Å². The van der Waals surface area contributed by atoms with Crippen molar-refractivity contribution in [3.05, 3.63) is 24.3 Å². The van der Waals surface area contributed by atoms with E-state index >= 15 is 0 Å². The summed E-state index contributed by atoms with van der Waals surface area (Å²) in [6.45, 7) is 1.98. The number of piperidine rings is 2. The van der Waals surface area contributed by atoms with E-state index in [1.165, 1.54) is 10.4 Å². The van der Waals surface area contributed by atoms with Crippen LogP contribution in [0.15, 0.2) is 38.8 Å². The number of benzene rings is 1. The minimum Gasteiger partial charge on any atom is -0.411 e. The Balaban J connectivity index is 1.40. The lowest BCUT2D eigenvalue weighted by Crippen LogP contribution is -2.44. The number of rotatable bonds is 7. The zero-order chi connectivity index (χ0) is 23.4. The number of aromatic nitrogens is 2. The number of nitrogens with zero attached hydrogens (tertiary/aromatic N) is 4. The monoisotopic (exact) mass is 493 g/mol. The highest BCUT2D eigenvalue weighted by Crippen LogP contribution is 2.28. The first-order valence-electron chi connectivity index (χ1n) is 11.0. The van der Waals surface area contributed by atoms with Crippen molar-refractivity contribution in [2.75, 3.05) is 31.9 Å². The van der Waals surface area contributed by atoms with Crippen molar-refractivity contribution in [2.24, 2.45) is 11.7 Å². The Labute approximate surface area is 196 Å². The second-order valence-electron chi connectivity index (χ2n) is 8.24. The van der Waals surface area contributed by atoms with E-state index in [2.05, 4.69) is 10.2 Å². The zero-order valence-corrected chi connectivity index (χ0v) is 19.8. The number of hydrogen-bond acceptors (Lipinski definition) is 8. The molecule has 1 unspecified atom stereocenters. The SMILES string of the molecule is NC(=O)C1CCCN(C(=O)CSc2nnc(-c3cccc(S(=O)(=O)N4CCCCC4)c3)o2)C1. The van der Waals surface area contributed by atoms with Gasteiger partial charge in [0.2, 0.25) is 27.7 Å². The molecule has 12 heteroatoms. The van der Waals surface area contributed by atoms with Crippen molar-refractivity contribution in [3.8, 4) is 11.5 Å². The molecular weight excluding hydrogens is 466 g/mol. The van der Waals surface area contributed by atoms with Gasteiger partial charge in [-0.15, -0.1) is 10.2 Å². The lowest BCUT2D eigenvalue weighted by Gasteiger charge is -2.31. The van der Waals surface area contributed by atoms with Crippen LogP contribution in [-0.2, 0) is 19.6 Å². The van der Waals surface area contributed by atoms with E-state index in [-0.39, 0.29) is 39.5 Å². The van der Waals surface area contributed by atoms with E-state index in [9.17, 15) is 18.0 Å². The average molecular weight is 494 g/mol. The van der Waals surface area contributed by atoms with Crippen LogP contribution < -0.4 is 5.73 Å². The van der Waals surface area contributed by atoms with Gasteiger partial charge in [-0.05, 0) is 43.9 Å². The summed E-state index contributed by atoms with van der Waals surface area (Å²) < 4.78 is 33.1. The van der Waals surface area contributed by atoms with Gasteiger partial charge in [-0.3, -0.25) is 9.59 Å². The average Bonchev–Trinajstić information content (AvgIpc) is 3.32. The molecule has 2 aliphatic rings. The summed E-state index contributed by atoms with van der Waals surface area (Å²) in [5, 5.41) is 8.21. The van der Waals surface area contributed by atoms with Crippen molar-refractivity contribution in [3.63, 3.8) is 0 Å². The number of primary amides is 1. The lowest BCUT2D eigenvalue weighted by molar-refractivity contribution is -0.132. The highest BCUT2D eigenvalue weighted by molar-refractivity contribution is 7.99. The minimum atomic E-state index is -3.58. The summed E-state index contributed by atoms with van der Waals surface area (Å²) in [5.74, 6) is -0.536. The minimum absolute atomic E-state index is 0.0937. The van der Waals surface area contributed by atoms with Crippen molar-refractivity contribution in [2.45, 2.75) is 42.2 Å². The van der Waals surface area contributed by atoms with E-state index in [4.69, 9.17) is 10.2 Å². The Morgan fingerprint density at radius 2 is 1.91 bits per heavy atom. The second kappa shape index (κ2) is 10.2. The largest absolute Gasteiger partial charge is 0.411 e. The van der Waals surface area contributed by atoms with Gasteiger partial charge in [0.05, 0.1) is 16.6 Å². The van der Waals surface area contributed by atoms with Crippen LogP contribution in [0, 0.1) is 5.92 Å². The maximum Gasteiger partial charge on any atom is 0.277 e. The molecule has 33 heavy (non-hydrogen) atoms. The first-order valence-corrected chi connectivity index (χ1v) is 13.4. The Morgan fingerprint density at radius 1 is 1.12 bits per heavy atom. The van der Waals surface area contributed by atoms with Crippen molar-refractivity contribution in [1.29, 1.82) is 0 Å². The molecule has 178 valence electrons. The normalized spacial score (nSPS) is 20.0. The fraction of sp³-hybridized carbons (Fsp3) is 0.524. The van der Waals surface area contributed by atoms with Gasteiger partial charge in [0, 0.05) is 31.7 Å². The summed E-state index contributed by atoms with van der Waals surface area (Å²) in [4.78, 5) is 25.8. The summed E-state index contributed by atoms with van der Waals surface area (Å²) in [6, 6.07) is 6.46. The number of carbonyl (C=O) groups excluding carboxylic acids is 2. The van der Waals surface area contributed by atoms with Gasteiger partial charge in [0.15, 0.2) is 0 Å². The van der Waals surface area contributed by atoms with Crippen LogP contribution in [0.2, 0.25) is 0 Å². The van der Waals surface area contributed by atoms with E-state index in [0.717, 1.165) is 37.4 Å². The fourth-order valence-corrected chi connectivity index (χ4v) is 6.31. The molecule has 3 heterocycles. The van der Waals surface area contributed by atoms with Crippen LogP contribution in [0.1, 0.15) is 32.1 Å². The number of sulfonamides is 1. The molecule has 0 radical (unpaired) electrons. The molecule has 2 aliphatic heterocycles. The lowest BCUT2D eigenvalue weighted by atomic mass is 9.97. The molecule has 2 aromatic rings. The molecule has 10 nitrogen and oxygen atoms in total. The molecule has 1 aromatic carbocycles. The van der Waals surface area contributed by atoms with E-state index < -0.39 is 10.0 Å². The van der Waals surface area contributed by atoms with Gasteiger partial charge < -0.3 is 15.1 Å². The molecule has 2 N–H and O–H groups in total. The van der Waals surface area contributed by atoms with Gasteiger partial charge in [-0.2, -0.15) is 4.31 Å². The molecule has 1 atom stereocenters. The molecule has 0 aliphatic carbocycles. The number of thioether (sulfide) groups is 1. The smallest absolute Gasteiger partial charge is 0.277 e. The predicted octanol–water partition coefficient (Wildman–Crippen LogP) is 1.73. The summed E-state index contributed by atoms with van der Waals surface area (Å²) in [5.41, 5.74) is 5.88. The van der Waals surface area contributed by atoms with Crippen LogP contribution in [-0.4, -0.2) is 71.6 Å². The van der Waals surface area contributed by atoms with Gasteiger partial charge >= 0.3 is 0 Å². The standard InChI is InChI=1S/C21H27N5O5S2/c22-19(28)16-7-5-9-25(13-16)18(27)14-32-21-24-23-20(31-21)15-6-4-8-17(12-15)33(29,30)26-10-2-1-3-11-26/h4,6,8,12,16H,1-3,5,7,9-11,13-14H2,(H2,22,28). The predicted molar refractivity (Wildman–Crippen MR) is 122 cm³/mol. The summed E-state index contributed by atoms with van der Waals surface area (Å²) in [6.07, 6.45) is 4.21. The molecule has 2 saturated heterocycles. The molecule has 4 rings (SSSR count). The first-order chi connectivity index (χ1) is 15.8. The molecule has 0 bridgehead atoms. The van der Waals surface area contributed by atoms with Crippen molar-refractivity contribution in [1.82, 2.24) is 19.4 Å². The van der Waals surface area contributed by atoms with E-state index in [0.29, 0.717) is 38.2 Å². The molecule has 0 saturated carbocycles. The first kappa shape index (κ1) is 23.7. The summed E-state index contributed by atoms with van der Waals surface area (Å²) >= 11 is 1.11. The number of likely N-dealkylation sites (tertiary alicyclic amines) is 1. The van der Waals surface area contributed by atoms with Crippen molar-refractivity contribution >= 4 is 33.6 Å². The van der Waals surface area contributed by atoms with Gasteiger partial charge in [-0.25, -0.2) is 8.42 Å². The third kappa shape index (κ3) is 5.56. The Bertz CT molecular complexity index is 1110. The molecule has 2 fully saturated rings. The Kier molecular flexibility index (Phi) is 7.35. The van der Waals surface area contributed by atoms with Gasteiger partial charge in [-0.1, -0.05) is 24.2 Å². The maximum atomic E-state index is 13.0. The number of nitrogens with two attached hydrogens (primary N) is 1. The van der Waals surface area contributed by atoms with Crippen LogP contribution in [0.5, 0.6) is 0 Å². The highest BCUT2D eigenvalue weighted by Gasteiger charge is 2.28. The Hall–Kier alpha value is -2.44. The van der Waals surface area contributed by atoms with Crippen LogP contribution >= 0.6 is 11.8 Å². The summed E-state index contributed by atoms with van der Waals surface area (Å²) in [7, 11) is -3.58. The van der Waals surface area contributed by atoms with Gasteiger partial charge in [0.1, 0.15) is 0 Å². The topological polar surface area (TPSA) is 140 Å². The third-order valence-electron chi connectivity index (χ3n) is 5.94. The van der Waals surface area contributed by atoms with Gasteiger partial charge in [0.25, 0.3) is 5.22 Å². The maximum absolute atomic E-state index is 13.0. The molecule has 1 aromatic heterocycles. The number of hydrogen-bond donors (Lipinski definition) is 1. The highest BCUT2D eigenvalue weighted by atomic mass is 32.2. The van der Waals surface area contributed by atoms with E-state index in [1.54, 1.807) is 23.1 Å². The zero-order valence-electron chi connectivity index (χ0n) is 18.2. The Morgan fingerprint density at radius 3 is 2.67 bits per heavy atom. The van der Waals surface area contributed by atoms with Crippen LogP contribution in [0.4, 0.5) is 0 Å². The molecule has 2 amide bonds. The quantitative estimate of drug-likeness (QED) is 0.575. The third-order valence-corrected chi connectivity index (χ3v) is 8.63. The number of carbonyl (C=O) groups is 2. The van der Waals surface area contributed by atoms with Crippen LogP contribution in [0.3, 0.4) is 0 Å². The van der Waals surface area contributed by atoms with Crippen molar-refractivity contribution < 1.29 is 22.4 Å². The van der Waals surface area contributed by atoms with E-state index in [1.807, 2.05) is 0 Å². The fourth-order valence-electron chi connectivity index (χ4n) is 4.08. The molecule has 0 spiro atoms. The molecular formula is C21H27N5O5S2.